The number of carbonyl (C=O) groups excluding carboxylic acids is 1. The lowest BCUT2D eigenvalue weighted by molar-refractivity contribution is 0.0685. The lowest BCUT2D eigenvalue weighted by atomic mass is 10.1. The zero-order valence-electron chi connectivity index (χ0n) is 13.2. The second kappa shape index (κ2) is 9.20. The summed E-state index contributed by atoms with van der Waals surface area (Å²) in [5.41, 5.74) is 1.42. The zero-order chi connectivity index (χ0) is 15.7. The molecule has 1 rings (SSSR count). The molecule has 0 radical (unpaired) electrons. The van der Waals surface area contributed by atoms with E-state index >= 15 is 0 Å². The van der Waals surface area contributed by atoms with E-state index in [1.165, 1.54) is 0 Å². The molecule has 1 aromatic rings. The highest BCUT2D eigenvalue weighted by molar-refractivity contribution is 5.94. The van der Waals surface area contributed by atoms with Gasteiger partial charge >= 0.3 is 0 Å². The van der Waals surface area contributed by atoms with E-state index < -0.39 is 0 Å². The van der Waals surface area contributed by atoms with Gasteiger partial charge < -0.3 is 10.0 Å². The topological polar surface area (TPSA) is 40.5 Å². The minimum Gasteiger partial charge on any atom is -0.384 e. The predicted molar refractivity (Wildman–Crippen MR) is 86.1 cm³/mol. The number of benzene rings is 1. The van der Waals surface area contributed by atoms with E-state index in [-0.39, 0.29) is 18.6 Å². The van der Waals surface area contributed by atoms with Gasteiger partial charge in [-0.15, -0.1) is 0 Å². The van der Waals surface area contributed by atoms with Crippen molar-refractivity contribution in [2.45, 2.75) is 46.1 Å². The highest BCUT2D eigenvalue weighted by atomic mass is 16.2. The molecule has 0 fully saturated rings. The molecule has 1 atom stereocenters. The number of nitrogens with zero attached hydrogens (tertiary/aromatic N) is 1. The highest BCUT2D eigenvalue weighted by Gasteiger charge is 2.19. The number of unbranched alkanes of at least 4 members (excludes halogenated alkanes) is 1. The zero-order valence-corrected chi connectivity index (χ0v) is 13.2. The number of hydrogen-bond donors (Lipinski definition) is 1. The number of amides is 1. The van der Waals surface area contributed by atoms with Crippen molar-refractivity contribution in [2.24, 2.45) is 0 Å². The summed E-state index contributed by atoms with van der Waals surface area (Å²) < 4.78 is 0. The van der Waals surface area contributed by atoms with Crippen LogP contribution in [0.15, 0.2) is 24.3 Å². The first kappa shape index (κ1) is 17.3. The van der Waals surface area contributed by atoms with Gasteiger partial charge in [-0.1, -0.05) is 38.2 Å². The van der Waals surface area contributed by atoms with Crippen LogP contribution < -0.4 is 0 Å². The monoisotopic (exact) mass is 287 g/mol. The van der Waals surface area contributed by atoms with Crippen LogP contribution in [0, 0.1) is 11.8 Å². The minimum atomic E-state index is -0.173. The van der Waals surface area contributed by atoms with Crippen LogP contribution in [0.25, 0.3) is 0 Å². The molecule has 0 aromatic heterocycles. The van der Waals surface area contributed by atoms with Gasteiger partial charge in [-0.3, -0.25) is 4.79 Å². The van der Waals surface area contributed by atoms with Crippen LogP contribution in [0.3, 0.4) is 0 Å². The average Bonchev–Trinajstić information content (AvgIpc) is 2.52. The molecule has 0 heterocycles. The fourth-order valence-corrected chi connectivity index (χ4v) is 2.11. The first-order chi connectivity index (χ1) is 10.1. The molecule has 0 bridgehead atoms. The maximum absolute atomic E-state index is 12.7. The third-order valence-electron chi connectivity index (χ3n) is 3.56. The van der Waals surface area contributed by atoms with Gasteiger partial charge in [0.25, 0.3) is 5.91 Å². The van der Waals surface area contributed by atoms with Crippen LogP contribution in [0.4, 0.5) is 0 Å². The van der Waals surface area contributed by atoms with Crippen LogP contribution in [-0.2, 0) is 0 Å². The summed E-state index contributed by atoms with van der Waals surface area (Å²) in [6.07, 6.45) is 3.03. The molecule has 3 heteroatoms. The maximum Gasteiger partial charge on any atom is 0.254 e. The molecular weight excluding hydrogens is 262 g/mol. The smallest absolute Gasteiger partial charge is 0.254 e. The van der Waals surface area contributed by atoms with Crippen LogP contribution in [-0.4, -0.2) is 35.1 Å². The Morgan fingerprint density at radius 3 is 2.76 bits per heavy atom. The van der Waals surface area contributed by atoms with Crippen molar-refractivity contribution < 1.29 is 9.90 Å². The van der Waals surface area contributed by atoms with Gasteiger partial charge in [0.05, 0.1) is 0 Å². The van der Waals surface area contributed by atoms with Crippen LogP contribution in [0.1, 0.15) is 56.0 Å². The quantitative estimate of drug-likeness (QED) is 0.817. The summed E-state index contributed by atoms with van der Waals surface area (Å²) in [6.45, 7) is 6.93. The molecule has 0 spiro atoms. The van der Waals surface area contributed by atoms with Gasteiger partial charge in [-0.05, 0) is 38.0 Å². The third kappa shape index (κ3) is 5.24. The first-order valence-electron chi connectivity index (χ1n) is 7.64. The molecule has 1 amide bonds. The van der Waals surface area contributed by atoms with Gasteiger partial charge in [0.2, 0.25) is 0 Å². The standard InChI is InChI=1S/C18H25NO2/c1-4-6-12-19(15(3)5-2)18(21)17-11-7-9-16(14-17)10-8-13-20/h7,9,11,14-15,20H,4-6,12-13H2,1-3H3. The fraction of sp³-hybridized carbons (Fsp3) is 0.500. The number of aliphatic hydroxyl groups is 1. The molecule has 1 unspecified atom stereocenters. The summed E-state index contributed by atoms with van der Waals surface area (Å²) >= 11 is 0. The Hall–Kier alpha value is -1.79. The number of carbonyl (C=O) groups is 1. The molecule has 114 valence electrons. The van der Waals surface area contributed by atoms with Crippen molar-refractivity contribution in [3.63, 3.8) is 0 Å². The second-order valence-corrected chi connectivity index (χ2v) is 5.15. The van der Waals surface area contributed by atoms with Crippen molar-refractivity contribution >= 4 is 5.91 Å². The second-order valence-electron chi connectivity index (χ2n) is 5.15. The molecule has 0 aliphatic carbocycles. The van der Waals surface area contributed by atoms with Gasteiger partial charge in [0.1, 0.15) is 6.61 Å². The Bertz CT molecular complexity index is 513. The normalized spacial score (nSPS) is 11.4. The number of rotatable bonds is 6. The largest absolute Gasteiger partial charge is 0.384 e. The Morgan fingerprint density at radius 1 is 1.38 bits per heavy atom. The van der Waals surface area contributed by atoms with Gasteiger partial charge in [-0.25, -0.2) is 0 Å². The minimum absolute atomic E-state index is 0.0606. The van der Waals surface area contributed by atoms with Gasteiger partial charge in [0.15, 0.2) is 0 Å². The van der Waals surface area contributed by atoms with E-state index in [0.717, 1.165) is 31.4 Å². The van der Waals surface area contributed by atoms with Gasteiger partial charge in [-0.2, -0.15) is 0 Å². The third-order valence-corrected chi connectivity index (χ3v) is 3.56. The molecule has 0 aliphatic heterocycles. The van der Waals surface area contributed by atoms with Crippen LogP contribution >= 0.6 is 0 Å². The predicted octanol–water partition coefficient (Wildman–Crippen LogP) is 3.07. The molecule has 1 N–H and O–H groups in total. The van der Waals surface area contributed by atoms with Crippen molar-refractivity contribution in [1.82, 2.24) is 4.90 Å². The Morgan fingerprint density at radius 2 is 2.14 bits per heavy atom. The summed E-state index contributed by atoms with van der Waals surface area (Å²) in [5.74, 6) is 5.51. The Labute approximate surface area is 128 Å². The van der Waals surface area contributed by atoms with E-state index in [2.05, 4.69) is 32.6 Å². The first-order valence-corrected chi connectivity index (χ1v) is 7.64. The molecule has 3 nitrogen and oxygen atoms in total. The van der Waals surface area contributed by atoms with E-state index in [9.17, 15) is 4.79 Å². The van der Waals surface area contributed by atoms with Crippen molar-refractivity contribution in [3.8, 4) is 11.8 Å². The molecule has 21 heavy (non-hydrogen) atoms. The summed E-state index contributed by atoms with van der Waals surface area (Å²) in [5, 5.41) is 8.75. The summed E-state index contributed by atoms with van der Waals surface area (Å²) in [6, 6.07) is 7.54. The summed E-state index contributed by atoms with van der Waals surface area (Å²) in [4.78, 5) is 14.7. The van der Waals surface area contributed by atoms with E-state index in [1.807, 2.05) is 23.1 Å². The van der Waals surface area contributed by atoms with Gasteiger partial charge in [0, 0.05) is 23.7 Å². The molecular formula is C18H25NO2. The van der Waals surface area contributed by atoms with E-state index in [1.54, 1.807) is 6.07 Å². The highest BCUT2D eigenvalue weighted by Crippen LogP contribution is 2.13. The van der Waals surface area contributed by atoms with E-state index in [0.29, 0.717) is 5.56 Å². The van der Waals surface area contributed by atoms with E-state index in [4.69, 9.17) is 5.11 Å². The maximum atomic E-state index is 12.7. The number of hydrogen-bond acceptors (Lipinski definition) is 2. The van der Waals surface area contributed by atoms with Crippen LogP contribution in [0.5, 0.6) is 0 Å². The molecule has 0 saturated carbocycles. The molecule has 0 aliphatic rings. The lowest BCUT2D eigenvalue weighted by Gasteiger charge is -2.28. The summed E-state index contributed by atoms with van der Waals surface area (Å²) in [7, 11) is 0. The molecule has 1 aromatic carbocycles. The van der Waals surface area contributed by atoms with Crippen molar-refractivity contribution in [1.29, 1.82) is 0 Å². The molecule has 0 saturated heterocycles. The SMILES string of the molecule is CCCCN(C(=O)c1cccc(C#CCO)c1)C(C)CC. The lowest BCUT2D eigenvalue weighted by Crippen LogP contribution is -2.39. The fourth-order valence-electron chi connectivity index (χ4n) is 2.11. The Balaban J connectivity index is 2.97. The van der Waals surface area contributed by atoms with Crippen molar-refractivity contribution in [2.75, 3.05) is 13.2 Å². The van der Waals surface area contributed by atoms with Crippen LogP contribution in [0.2, 0.25) is 0 Å². The van der Waals surface area contributed by atoms with Crippen molar-refractivity contribution in [3.05, 3.63) is 35.4 Å². The average molecular weight is 287 g/mol. The number of aliphatic hydroxyl groups excluding tert-OH is 1. The Kier molecular flexibility index (Phi) is 7.56.